The van der Waals surface area contributed by atoms with Crippen LogP contribution < -0.4 is 0 Å². The molecule has 4 heterocycles. The van der Waals surface area contributed by atoms with E-state index in [4.69, 9.17) is 4.74 Å². The quantitative estimate of drug-likeness (QED) is 0.390. The number of benzene rings is 2. The van der Waals surface area contributed by atoms with Gasteiger partial charge in [-0.1, -0.05) is 35.9 Å². The summed E-state index contributed by atoms with van der Waals surface area (Å²) in [7, 11) is 1.44. The number of halogens is 4. The second-order valence-corrected chi connectivity index (χ2v) is 9.19. The predicted molar refractivity (Wildman–Crippen MR) is 117 cm³/mol. The molecule has 7 heteroatoms. The molecule has 5 atom stereocenters. The van der Waals surface area contributed by atoms with E-state index in [2.05, 4.69) is 11.0 Å². The van der Waals surface area contributed by atoms with Crippen molar-refractivity contribution in [2.24, 2.45) is 11.8 Å². The predicted octanol–water partition coefficient (Wildman–Crippen LogP) is 6.27. The largest absolute Gasteiger partial charge is 0.469 e. The van der Waals surface area contributed by atoms with Crippen molar-refractivity contribution in [3.8, 4) is 11.1 Å². The SMILES string of the molecule is COC(=O)C1C2CC3CCC1N3C/C2=C\c1ccc(-c2cc(C(F)F)cc(C(F)F)c2)cc1. The summed E-state index contributed by atoms with van der Waals surface area (Å²) in [5.74, 6) is -0.126. The molecule has 4 saturated heterocycles. The monoisotopic (exact) mass is 459 g/mol. The van der Waals surface area contributed by atoms with Crippen LogP contribution in [-0.2, 0) is 9.53 Å². The van der Waals surface area contributed by atoms with Crippen molar-refractivity contribution >= 4 is 12.0 Å². The van der Waals surface area contributed by atoms with Crippen molar-refractivity contribution in [1.82, 2.24) is 4.90 Å². The van der Waals surface area contributed by atoms with Gasteiger partial charge in [0.05, 0.1) is 13.0 Å². The number of hydrogen-bond donors (Lipinski definition) is 0. The summed E-state index contributed by atoms with van der Waals surface area (Å²) in [6, 6.07) is 11.4. The zero-order chi connectivity index (χ0) is 23.3. The van der Waals surface area contributed by atoms with E-state index in [0.29, 0.717) is 17.2 Å². The normalized spacial score (nSPS) is 29.3. The molecule has 3 nitrogen and oxygen atoms in total. The van der Waals surface area contributed by atoms with Crippen LogP contribution in [0.15, 0.2) is 48.0 Å². The van der Waals surface area contributed by atoms with Crippen molar-refractivity contribution in [2.75, 3.05) is 13.7 Å². The van der Waals surface area contributed by atoms with Crippen molar-refractivity contribution in [3.63, 3.8) is 0 Å². The summed E-state index contributed by atoms with van der Waals surface area (Å²) >= 11 is 0. The fourth-order valence-electron chi connectivity index (χ4n) is 5.96. The van der Waals surface area contributed by atoms with Gasteiger partial charge in [0.1, 0.15) is 0 Å². The minimum absolute atomic E-state index is 0.141. The average Bonchev–Trinajstić information content (AvgIpc) is 3.13. The first-order valence-corrected chi connectivity index (χ1v) is 11.2. The van der Waals surface area contributed by atoms with E-state index in [1.54, 1.807) is 12.1 Å². The van der Waals surface area contributed by atoms with E-state index >= 15 is 0 Å². The lowest BCUT2D eigenvalue weighted by Gasteiger charge is -2.50. The highest BCUT2D eigenvalue weighted by Gasteiger charge is 2.55. The minimum atomic E-state index is -2.82. The lowest BCUT2D eigenvalue weighted by atomic mass is 9.71. The maximum Gasteiger partial charge on any atom is 0.310 e. The third-order valence-electron chi connectivity index (χ3n) is 7.46. The van der Waals surface area contributed by atoms with Gasteiger partial charge in [-0.15, -0.1) is 0 Å². The van der Waals surface area contributed by atoms with Crippen LogP contribution in [0.3, 0.4) is 0 Å². The van der Waals surface area contributed by atoms with Gasteiger partial charge in [-0.2, -0.15) is 0 Å². The molecule has 33 heavy (non-hydrogen) atoms. The Labute approximate surface area is 190 Å². The Morgan fingerprint density at radius 3 is 2.27 bits per heavy atom. The Hall–Kier alpha value is -2.67. The van der Waals surface area contributed by atoms with Gasteiger partial charge < -0.3 is 4.74 Å². The second kappa shape index (κ2) is 8.60. The van der Waals surface area contributed by atoms with Crippen LogP contribution in [0.2, 0.25) is 0 Å². The third-order valence-corrected chi connectivity index (χ3v) is 7.46. The maximum absolute atomic E-state index is 13.2. The number of methoxy groups -OCH3 is 1. The van der Waals surface area contributed by atoms with Crippen molar-refractivity contribution < 1.29 is 27.1 Å². The molecular formula is C26H25F4NO2. The second-order valence-electron chi connectivity index (χ2n) is 9.19. The first-order valence-electron chi connectivity index (χ1n) is 11.2. The molecule has 0 spiro atoms. The van der Waals surface area contributed by atoms with E-state index in [9.17, 15) is 22.4 Å². The van der Waals surface area contributed by atoms with E-state index in [0.717, 1.165) is 37.4 Å². The molecule has 0 radical (unpaired) electrons. The first kappa shape index (κ1) is 22.1. The molecule has 0 saturated carbocycles. The highest BCUT2D eigenvalue weighted by atomic mass is 19.3. The van der Waals surface area contributed by atoms with Gasteiger partial charge in [0.2, 0.25) is 0 Å². The van der Waals surface area contributed by atoms with Crippen LogP contribution in [0, 0.1) is 11.8 Å². The Morgan fingerprint density at radius 1 is 1.00 bits per heavy atom. The van der Waals surface area contributed by atoms with Gasteiger partial charge in [0.15, 0.2) is 0 Å². The fourth-order valence-corrected chi connectivity index (χ4v) is 5.96. The van der Waals surface area contributed by atoms with Crippen LogP contribution in [0.4, 0.5) is 17.6 Å². The van der Waals surface area contributed by atoms with Gasteiger partial charge in [-0.05, 0) is 60.1 Å². The van der Waals surface area contributed by atoms with E-state index in [-0.39, 0.29) is 23.8 Å². The number of alkyl halides is 4. The Bertz CT molecular complexity index is 1060. The third kappa shape index (κ3) is 3.97. The molecule has 6 rings (SSSR count). The number of fused-ring (bicyclic) bond motifs is 1. The summed E-state index contributed by atoms with van der Waals surface area (Å²) in [6.45, 7) is 0.837. The Balaban J connectivity index is 1.42. The van der Waals surface area contributed by atoms with Crippen molar-refractivity contribution in [2.45, 2.75) is 44.2 Å². The number of hydrogen-bond acceptors (Lipinski definition) is 3. The summed E-state index contributed by atoms with van der Waals surface area (Å²) in [4.78, 5) is 14.9. The summed E-state index contributed by atoms with van der Waals surface area (Å²) in [5, 5.41) is 0. The lowest BCUT2D eigenvalue weighted by molar-refractivity contribution is -0.153. The number of rotatable bonds is 5. The summed E-state index contributed by atoms with van der Waals surface area (Å²) in [6.07, 6.45) is -0.440. The molecule has 5 unspecified atom stereocenters. The standard InChI is InChI=1S/C26H25F4NO2/c1-33-26(32)23-21-12-20-6-7-22(23)31(20)13-19(21)8-14-2-4-15(5-3-14)16-9-17(24(27)28)11-18(10-16)25(29)30/h2-5,8-11,20-25H,6-7,12-13H2,1H3/b19-8+. The highest BCUT2D eigenvalue weighted by molar-refractivity contribution is 5.76. The average molecular weight is 459 g/mol. The van der Waals surface area contributed by atoms with Crippen LogP contribution >= 0.6 is 0 Å². The van der Waals surface area contributed by atoms with E-state index < -0.39 is 24.0 Å². The number of ether oxygens (including phenoxy) is 1. The Kier molecular flexibility index (Phi) is 5.77. The molecule has 0 aliphatic carbocycles. The molecule has 4 aliphatic heterocycles. The fraction of sp³-hybridized carbons (Fsp3) is 0.423. The van der Waals surface area contributed by atoms with E-state index in [1.807, 2.05) is 12.1 Å². The van der Waals surface area contributed by atoms with Gasteiger partial charge in [0.25, 0.3) is 12.9 Å². The van der Waals surface area contributed by atoms with Gasteiger partial charge in [-0.3, -0.25) is 9.69 Å². The lowest BCUT2D eigenvalue weighted by Crippen LogP contribution is -2.58. The van der Waals surface area contributed by atoms with Crippen LogP contribution in [0.25, 0.3) is 17.2 Å². The maximum atomic E-state index is 13.2. The van der Waals surface area contributed by atoms with Crippen molar-refractivity contribution in [1.29, 1.82) is 0 Å². The minimum Gasteiger partial charge on any atom is -0.469 e. The molecule has 4 bridgehead atoms. The first-order chi connectivity index (χ1) is 15.9. The van der Waals surface area contributed by atoms with Crippen molar-refractivity contribution in [3.05, 3.63) is 64.7 Å². The zero-order valence-corrected chi connectivity index (χ0v) is 18.2. The molecular weight excluding hydrogens is 434 g/mol. The van der Waals surface area contributed by atoms with Gasteiger partial charge >= 0.3 is 5.97 Å². The molecule has 2 aromatic rings. The smallest absolute Gasteiger partial charge is 0.310 e. The summed E-state index contributed by atoms with van der Waals surface area (Å²) in [5.41, 5.74) is 2.24. The molecule has 0 N–H and O–H groups in total. The van der Waals surface area contributed by atoms with Crippen LogP contribution in [0.5, 0.6) is 0 Å². The molecule has 174 valence electrons. The van der Waals surface area contributed by atoms with Crippen LogP contribution in [-0.4, -0.2) is 36.6 Å². The molecule has 0 aromatic heterocycles. The topological polar surface area (TPSA) is 29.5 Å². The van der Waals surface area contributed by atoms with Crippen LogP contribution in [0.1, 0.15) is 48.8 Å². The Morgan fingerprint density at radius 2 is 1.67 bits per heavy atom. The van der Waals surface area contributed by atoms with Gasteiger partial charge in [-0.25, -0.2) is 17.6 Å². The summed E-state index contributed by atoms with van der Waals surface area (Å²) < 4.78 is 57.9. The molecule has 4 aliphatic rings. The number of esters is 1. The number of nitrogens with zero attached hydrogens (tertiary/aromatic N) is 1. The number of piperidine rings is 3. The van der Waals surface area contributed by atoms with E-state index in [1.165, 1.54) is 24.8 Å². The molecule has 4 fully saturated rings. The molecule has 0 amide bonds. The zero-order valence-electron chi connectivity index (χ0n) is 18.2. The van der Waals surface area contributed by atoms with Gasteiger partial charge in [0, 0.05) is 29.8 Å². The highest BCUT2D eigenvalue weighted by Crippen LogP contribution is 2.51. The molecule has 2 aromatic carbocycles. The number of carbonyl (C=O) groups is 1. The number of carbonyl (C=O) groups excluding carboxylic acids is 1.